The number of halogens is 1. The summed E-state index contributed by atoms with van der Waals surface area (Å²) in [6.45, 7) is 3.37. The Morgan fingerprint density at radius 3 is 2.40 bits per heavy atom. The van der Waals surface area contributed by atoms with E-state index in [4.69, 9.17) is 26.8 Å². The van der Waals surface area contributed by atoms with Crippen molar-refractivity contribution in [3.8, 4) is 11.5 Å². The molecule has 3 nitrogen and oxygen atoms in total. The van der Waals surface area contributed by atoms with E-state index in [1.54, 1.807) is 0 Å². The van der Waals surface area contributed by atoms with Crippen LogP contribution in [0, 0.1) is 6.92 Å². The van der Waals surface area contributed by atoms with Crippen LogP contribution in [0.5, 0.6) is 11.5 Å². The highest BCUT2D eigenvalue weighted by atomic mass is 35.5. The molecular formula is C16H18ClNO2. The molecule has 4 heteroatoms. The van der Waals surface area contributed by atoms with Crippen molar-refractivity contribution in [1.29, 1.82) is 0 Å². The first kappa shape index (κ1) is 14.7. The van der Waals surface area contributed by atoms with Crippen LogP contribution in [0.2, 0.25) is 5.02 Å². The number of nitrogens with two attached hydrogens (primary N) is 1. The minimum Gasteiger partial charge on any atom is -0.490 e. The third-order valence-corrected chi connectivity index (χ3v) is 3.16. The van der Waals surface area contributed by atoms with Gasteiger partial charge in [-0.1, -0.05) is 29.8 Å². The van der Waals surface area contributed by atoms with Crippen LogP contribution in [-0.2, 0) is 6.54 Å². The van der Waals surface area contributed by atoms with Crippen molar-refractivity contribution in [2.45, 2.75) is 13.5 Å². The maximum Gasteiger partial charge on any atom is 0.123 e. The zero-order valence-electron chi connectivity index (χ0n) is 11.4. The molecule has 0 saturated heterocycles. The first-order valence-electron chi connectivity index (χ1n) is 6.50. The van der Waals surface area contributed by atoms with E-state index < -0.39 is 0 Å². The van der Waals surface area contributed by atoms with E-state index in [1.165, 1.54) is 0 Å². The summed E-state index contributed by atoms with van der Waals surface area (Å²) >= 11 is 5.90. The lowest BCUT2D eigenvalue weighted by Crippen LogP contribution is -2.11. The van der Waals surface area contributed by atoms with Crippen molar-refractivity contribution in [1.82, 2.24) is 0 Å². The van der Waals surface area contributed by atoms with Crippen molar-refractivity contribution < 1.29 is 9.47 Å². The lowest BCUT2D eigenvalue weighted by molar-refractivity contribution is 0.215. The molecule has 0 atom stereocenters. The van der Waals surface area contributed by atoms with Gasteiger partial charge in [0.05, 0.1) is 0 Å². The zero-order valence-corrected chi connectivity index (χ0v) is 12.2. The molecule has 0 bridgehead atoms. The molecular weight excluding hydrogens is 274 g/mol. The average Bonchev–Trinajstić information content (AvgIpc) is 2.46. The van der Waals surface area contributed by atoms with E-state index in [9.17, 15) is 0 Å². The molecule has 0 aliphatic carbocycles. The largest absolute Gasteiger partial charge is 0.490 e. The first-order chi connectivity index (χ1) is 9.70. The molecule has 0 amide bonds. The summed E-state index contributed by atoms with van der Waals surface area (Å²) in [5.74, 6) is 1.64. The number of hydrogen-bond donors (Lipinski definition) is 1. The highest BCUT2D eigenvalue weighted by Crippen LogP contribution is 2.22. The number of aryl methyl sites for hydroxylation is 1. The Bertz CT molecular complexity index is 572. The molecule has 20 heavy (non-hydrogen) atoms. The molecule has 106 valence electrons. The van der Waals surface area contributed by atoms with Crippen LogP contribution in [-0.4, -0.2) is 13.2 Å². The van der Waals surface area contributed by atoms with Gasteiger partial charge in [-0.25, -0.2) is 0 Å². The fraction of sp³-hybridized carbons (Fsp3) is 0.250. The Morgan fingerprint density at radius 2 is 1.70 bits per heavy atom. The van der Waals surface area contributed by atoms with Gasteiger partial charge in [-0.2, -0.15) is 0 Å². The zero-order chi connectivity index (χ0) is 14.4. The highest BCUT2D eigenvalue weighted by Gasteiger charge is 2.02. The summed E-state index contributed by atoms with van der Waals surface area (Å²) < 4.78 is 11.4. The van der Waals surface area contributed by atoms with Gasteiger partial charge < -0.3 is 15.2 Å². The molecule has 2 rings (SSSR count). The summed E-state index contributed by atoms with van der Waals surface area (Å²) in [7, 11) is 0. The monoisotopic (exact) mass is 291 g/mol. The smallest absolute Gasteiger partial charge is 0.123 e. The van der Waals surface area contributed by atoms with Crippen LogP contribution in [0.4, 0.5) is 0 Å². The van der Waals surface area contributed by atoms with Crippen molar-refractivity contribution in [3.05, 3.63) is 58.6 Å². The molecule has 0 aliphatic heterocycles. The van der Waals surface area contributed by atoms with Crippen molar-refractivity contribution >= 4 is 11.6 Å². The van der Waals surface area contributed by atoms with Crippen LogP contribution >= 0.6 is 11.6 Å². The Morgan fingerprint density at radius 1 is 1.00 bits per heavy atom. The summed E-state index contributed by atoms with van der Waals surface area (Å²) in [6.07, 6.45) is 0. The first-order valence-corrected chi connectivity index (χ1v) is 6.88. The van der Waals surface area contributed by atoms with Gasteiger partial charge >= 0.3 is 0 Å². The van der Waals surface area contributed by atoms with Crippen molar-refractivity contribution in [2.75, 3.05) is 13.2 Å². The van der Waals surface area contributed by atoms with Gasteiger partial charge in [-0.05, 0) is 36.8 Å². The fourth-order valence-corrected chi connectivity index (χ4v) is 2.12. The second-order valence-corrected chi connectivity index (χ2v) is 4.86. The number of hydrogen-bond acceptors (Lipinski definition) is 3. The van der Waals surface area contributed by atoms with Crippen LogP contribution < -0.4 is 15.2 Å². The Balaban J connectivity index is 1.84. The van der Waals surface area contributed by atoms with E-state index in [-0.39, 0.29) is 0 Å². The second kappa shape index (κ2) is 7.17. The lowest BCUT2D eigenvalue weighted by Gasteiger charge is -2.12. The van der Waals surface area contributed by atoms with Crippen molar-refractivity contribution in [2.24, 2.45) is 5.73 Å². The van der Waals surface area contributed by atoms with Gasteiger partial charge in [-0.3, -0.25) is 0 Å². The lowest BCUT2D eigenvalue weighted by atomic mass is 10.2. The van der Waals surface area contributed by atoms with Crippen LogP contribution in [0.25, 0.3) is 0 Å². The molecule has 2 N–H and O–H groups in total. The summed E-state index contributed by atoms with van der Waals surface area (Å²) in [5, 5.41) is 0.711. The number of ether oxygens (including phenoxy) is 2. The molecule has 2 aromatic carbocycles. The number of benzene rings is 2. The number of para-hydroxylation sites is 1. The predicted molar refractivity (Wildman–Crippen MR) is 81.5 cm³/mol. The molecule has 0 aliphatic rings. The van der Waals surface area contributed by atoms with E-state index in [1.807, 2.05) is 49.4 Å². The molecule has 0 aromatic heterocycles. The second-order valence-electron chi connectivity index (χ2n) is 4.42. The minimum absolute atomic E-state index is 0.466. The predicted octanol–water partition coefficient (Wildman–Crippen LogP) is 3.56. The summed E-state index contributed by atoms with van der Waals surface area (Å²) in [5.41, 5.74) is 7.67. The third kappa shape index (κ3) is 3.89. The molecule has 0 unspecified atom stereocenters. The SMILES string of the molecule is Cc1cc(Cl)ccc1OCCOc1ccccc1CN. The van der Waals surface area contributed by atoms with Gasteiger partial charge in [0.15, 0.2) is 0 Å². The molecule has 0 heterocycles. The summed E-state index contributed by atoms with van der Waals surface area (Å²) in [6, 6.07) is 13.3. The fourth-order valence-electron chi connectivity index (χ4n) is 1.89. The average molecular weight is 292 g/mol. The Kier molecular flexibility index (Phi) is 5.27. The molecule has 2 aromatic rings. The van der Waals surface area contributed by atoms with E-state index in [0.717, 1.165) is 22.6 Å². The van der Waals surface area contributed by atoms with Crippen molar-refractivity contribution in [3.63, 3.8) is 0 Å². The van der Waals surface area contributed by atoms with Crippen LogP contribution in [0.1, 0.15) is 11.1 Å². The topological polar surface area (TPSA) is 44.5 Å². The maximum atomic E-state index is 5.90. The van der Waals surface area contributed by atoms with Gasteiger partial charge in [0.25, 0.3) is 0 Å². The Labute approximate surface area is 124 Å². The van der Waals surface area contributed by atoms with Crippen LogP contribution in [0.3, 0.4) is 0 Å². The molecule has 0 radical (unpaired) electrons. The number of rotatable bonds is 6. The third-order valence-electron chi connectivity index (χ3n) is 2.93. The molecule has 0 saturated carbocycles. The quantitative estimate of drug-likeness (QED) is 0.828. The van der Waals surface area contributed by atoms with Gasteiger partial charge in [0, 0.05) is 17.1 Å². The van der Waals surface area contributed by atoms with E-state index in [2.05, 4.69) is 0 Å². The molecule has 0 spiro atoms. The maximum absolute atomic E-state index is 5.90. The van der Waals surface area contributed by atoms with E-state index in [0.29, 0.717) is 24.8 Å². The molecule has 0 fully saturated rings. The van der Waals surface area contributed by atoms with Crippen LogP contribution in [0.15, 0.2) is 42.5 Å². The minimum atomic E-state index is 0.466. The van der Waals surface area contributed by atoms with Gasteiger partial charge in [-0.15, -0.1) is 0 Å². The normalized spacial score (nSPS) is 10.3. The van der Waals surface area contributed by atoms with Gasteiger partial charge in [0.2, 0.25) is 0 Å². The van der Waals surface area contributed by atoms with E-state index >= 15 is 0 Å². The standard InChI is InChI=1S/C16H18ClNO2/c1-12-10-14(17)6-7-15(12)19-8-9-20-16-5-3-2-4-13(16)11-18/h2-7,10H,8-9,11,18H2,1H3. The van der Waals surface area contributed by atoms with Gasteiger partial charge in [0.1, 0.15) is 24.7 Å². The Hall–Kier alpha value is -1.71. The summed E-state index contributed by atoms with van der Waals surface area (Å²) in [4.78, 5) is 0. The highest BCUT2D eigenvalue weighted by molar-refractivity contribution is 6.30.